The minimum atomic E-state index is -3.16. The molecule has 112 valence electrons. The van der Waals surface area contributed by atoms with Crippen molar-refractivity contribution >= 4 is 25.6 Å². The van der Waals surface area contributed by atoms with E-state index in [4.69, 9.17) is 5.73 Å². The number of carbonyl (C=O) groups excluding carboxylic acids is 1. The quantitative estimate of drug-likeness (QED) is 0.668. The smallest absolute Gasteiger partial charge is 0.239 e. The largest absolute Gasteiger partial charge is 0.337 e. The van der Waals surface area contributed by atoms with E-state index < -0.39 is 31.8 Å². The Morgan fingerprint density at radius 3 is 2.53 bits per heavy atom. The van der Waals surface area contributed by atoms with Crippen LogP contribution in [0, 0.1) is 0 Å². The van der Waals surface area contributed by atoms with E-state index in [1.807, 2.05) is 0 Å². The van der Waals surface area contributed by atoms with Crippen LogP contribution in [0.4, 0.5) is 0 Å². The van der Waals surface area contributed by atoms with Crippen molar-refractivity contribution in [2.75, 3.05) is 30.1 Å². The van der Waals surface area contributed by atoms with E-state index in [-0.39, 0.29) is 36.1 Å². The molecular weight excluding hydrogens is 292 g/mol. The third kappa shape index (κ3) is 5.07. The van der Waals surface area contributed by atoms with Crippen LogP contribution in [0.2, 0.25) is 0 Å². The highest BCUT2D eigenvalue weighted by atomic mass is 32.2. The van der Waals surface area contributed by atoms with E-state index in [0.717, 1.165) is 6.26 Å². The molecule has 2 atom stereocenters. The fourth-order valence-corrected chi connectivity index (χ4v) is 4.24. The highest BCUT2D eigenvalue weighted by Gasteiger charge is 2.33. The van der Waals surface area contributed by atoms with Gasteiger partial charge in [-0.15, -0.1) is 0 Å². The summed E-state index contributed by atoms with van der Waals surface area (Å²) in [4.78, 5) is 13.5. The van der Waals surface area contributed by atoms with Gasteiger partial charge in [-0.1, -0.05) is 0 Å². The zero-order valence-corrected chi connectivity index (χ0v) is 12.7. The van der Waals surface area contributed by atoms with Gasteiger partial charge in [0.1, 0.15) is 9.84 Å². The van der Waals surface area contributed by atoms with Crippen molar-refractivity contribution in [3.05, 3.63) is 0 Å². The monoisotopic (exact) mass is 312 g/mol. The molecule has 1 saturated heterocycles. The van der Waals surface area contributed by atoms with E-state index in [2.05, 4.69) is 0 Å². The van der Waals surface area contributed by atoms with Crippen LogP contribution in [0.5, 0.6) is 0 Å². The van der Waals surface area contributed by atoms with Crippen LogP contribution in [-0.2, 0) is 24.5 Å². The van der Waals surface area contributed by atoms with Crippen LogP contribution in [0.15, 0.2) is 0 Å². The van der Waals surface area contributed by atoms with Gasteiger partial charge in [0.15, 0.2) is 9.84 Å². The summed E-state index contributed by atoms with van der Waals surface area (Å²) in [5.41, 5.74) is 5.68. The molecule has 0 aromatic carbocycles. The summed E-state index contributed by atoms with van der Waals surface area (Å²) in [7, 11) is -6.25. The molecule has 1 aliphatic rings. The van der Waals surface area contributed by atoms with Crippen molar-refractivity contribution in [1.29, 1.82) is 0 Å². The summed E-state index contributed by atoms with van der Waals surface area (Å²) in [6.07, 6.45) is 1.13. The van der Waals surface area contributed by atoms with Gasteiger partial charge in [-0.3, -0.25) is 4.79 Å². The Kier molecular flexibility index (Phi) is 4.97. The summed E-state index contributed by atoms with van der Waals surface area (Å²) < 4.78 is 44.9. The maximum absolute atomic E-state index is 12.0. The summed E-state index contributed by atoms with van der Waals surface area (Å²) in [6.45, 7) is 1.77. The Bertz CT molecular complexity index is 540. The molecule has 1 rings (SSSR count). The normalized spacial score (nSPS) is 25.0. The predicted octanol–water partition coefficient (Wildman–Crippen LogP) is -1.61. The molecule has 2 N–H and O–H groups in total. The van der Waals surface area contributed by atoms with Gasteiger partial charge in [0.2, 0.25) is 5.91 Å². The number of hydrogen-bond donors (Lipinski definition) is 1. The topological polar surface area (TPSA) is 115 Å². The van der Waals surface area contributed by atoms with Crippen LogP contribution in [0.3, 0.4) is 0 Å². The molecule has 0 aromatic heterocycles. The van der Waals surface area contributed by atoms with Crippen molar-refractivity contribution in [2.24, 2.45) is 5.73 Å². The first-order chi connectivity index (χ1) is 8.52. The summed E-state index contributed by atoms with van der Waals surface area (Å²) in [6, 6.07) is -1.33. The molecule has 2 unspecified atom stereocenters. The molecule has 9 heteroatoms. The Balaban J connectivity index is 2.63. The summed E-state index contributed by atoms with van der Waals surface area (Å²) in [5.74, 6) is -0.675. The number of sulfone groups is 2. The number of nitrogens with zero attached hydrogens (tertiary/aromatic N) is 1. The van der Waals surface area contributed by atoms with Gasteiger partial charge < -0.3 is 10.6 Å². The molecule has 0 saturated carbocycles. The molecule has 0 spiro atoms. The zero-order chi connectivity index (χ0) is 14.8. The maximum atomic E-state index is 12.0. The van der Waals surface area contributed by atoms with Crippen LogP contribution in [0.1, 0.15) is 13.3 Å². The average molecular weight is 312 g/mol. The molecule has 1 amide bonds. The van der Waals surface area contributed by atoms with Gasteiger partial charge in [0.25, 0.3) is 0 Å². The second kappa shape index (κ2) is 5.76. The fraction of sp³-hybridized carbons (Fsp3) is 0.900. The van der Waals surface area contributed by atoms with Crippen molar-refractivity contribution in [2.45, 2.75) is 25.4 Å². The minimum absolute atomic E-state index is 0.0492. The molecule has 19 heavy (non-hydrogen) atoms. The van der Waals surface area contributed by atoms with E-state index in [1.54, 1.807) is 6.92 Å². The molecule has 1 aliphatic heterocycles. The number of rotatable bonds is 4. The molecule has 1 heterocycles. The Morgan fingerprint density at radius 1 is 1.47 bits per heavy atom. The molecule has 7 nitrogen and oxygen atoms in total. The van der Waals surface area contributed by atoms with Gasteiger partial charge in [-0.2, -0.15) is 0 Å². The third-order valence-corrected chi connectivity index (χ3v) is 5.84. The Morgan fingerprint density at radius 2 is 2.05 bits per heavy atom. The lowest BCUT2D eigenvalue weighted by Crippen LogP contribution is -2.54. The lowest BCUT2D eigenvalue weighted by molar-refractivity contribution is -0.134. The molecule has 0 aliphatic carbocycles. The van der Waals surface area contributed by atoms with Gasteiger partial charge in [0, 0.05) is 18.8 Å². The fourth-order valence-electron chi connectivity index (χ4n) is 2.00. The Labute approximate surface area is 114 Å². The van der Waals surface area contributed by atoms with Crippen molar-refractivity contribution in [1.82, 2.24) is 4.90 Å². The molecular formula is C10H20N2O5S2. The van der Waals surface area contributed by atoms with Crippen molar-refractivity contribution in [3.8, 4) is 0 Å². The standard InChI is InChI=1S/C10H20N2O5S2/c1-8-7-19(16,17)6-4-12(8)10(13)9(11)3-5-18(2,14)15/h8-9H,3-7,11H2,1-2H3. The molecule has 0 aromatic rings. The number of carbonyl (C=O) groups is 1. The van der Waals surface area contributed by atoms with Gasteiger partial charge in [0.05, 0.1) is 23.3 Å². The van der Waals surface area contributed by atoms with Crippen molar-refractivity contribution < 1.29 is 21.6 Å². The first-order valence-corrected chi connectivity index (χ1v) is 9.84. The third-order valence-electron chi connectivity index (χ3n) is 3.07. The summed E-state index contributed by atoms with van der Waals surface area (Å²) in [5, 5.41) is 0. The van der Waals surface area contributed by atoms with E-state index in [9.17, 15) is 21.6 Å². The van der Waals surface area contributed by atoms with Crippen molar-refractivity contribution in [3.63, 3.8) is 0 Å². The van der Waals surface area contributed by atoms with Crippen LogP contribution in [-0.4, -0.2) is 69.8 Å². The van der Waals surface area contributed by atoms with Crippen LogP contribution in [0.25, 0.3) is 0 Å². The predicted molar refractivity (Wildman–Crippen MR) is 72.1 cm³/mol. The highest BCUT2D eigenvalue weighted by molar-refractivity contribution is 7.91. The second-order valence-corrected chi connectivity index (χ2v) is 9.51. The van der Waals surface area contributed by atoms with Gasteiger partial charge in [-0.25, -0.2) is 16.8 Å². The first-order valence-electron chi connectivity index (χ1n) is 5.96. The van der Waals surface area contributed by atoms with Crippen LogP contribution >= 0.6 is 0 Å². The van der Waals surface area contributed by atoms with Gasteiger partial charge in [-0.05, 0) is 13.3 Å². The lowest BCUT2D eigenvalue weighted by Gasteiger charge is -2.34. The highest BCUT2D eigenvalue weighted by Crippen LogP contribution is 2.13. The molecule has 0 bridgehead atoms. The van der Waals surface area contributed by atoms with E-state index in [0.29, 0.717) is 0 Å². The summed E-state index contributed by atoms with van der Waals surface area (Å²) >= 11 is 0. The lowest BCUT2D eigenvalue weighted by atomic mass is 10.2. The average Bonchev–Trinajstić information content (AvgIpc) is 2.22. The number of amides is 1. The number of nitrogens with two attached hydrogens (primary N) is 1. The SMILES string of the molecule is CC1CS(=O)(=O)CCN1C(=O)C(N)CCS(C)(=O)=O. The molecule has 0 radical (unpaired) electrons. The Hall–Kier alpha value is -0.670. The maximum Gasteiger partial charge on any atom is 0.239 e. The number of hydrogen-bond acceptors (Lipinski definition) is 6. The van der Waals surface area contributed by atoms with Gasteiger partial charge >= 0.3 is 0 Å². The second-order valence-electron chi connectivity index (χ2n) is 5.02. The van der Waals surface area contributed by atoms with Crippen LogP contribution < -0.4 is 5.73 Å². The van der Waals surface area contributed by atoms with E-state index in [1.165, 1.54) is 4.90 Å². The zero-order valence-electron chi connectivity index (χ0n) is 11.1. The first kappa shape index (κ1) is 16.4. The molecule has 1 fully saturated rings. The minimum Gasteiger partial charge on any atom is -0.337 e. The van der Waals surface area contributed by atoms with E-state index >= 15 is 0 Å².